The maximum Gasteiger partial charge on any atom is 0.225 e. The van der Waals surface area contributed by atoms with Crippen LogP contribution in [0.3, 0.4) is 0 Å². The third-order valence-electron chi connectivity index (χ3n) is 5.26. The van der Waals surface area contributed by atoms with Crippen LogP contribution in [0.4, 0.5) is 0 Å². The fourth-order valence-electron chi connectivity index (χ4n) is 4.31. The van der Waals surface area contributed by atoms with Crippen molar-refractivity contribution in [3.05, 3.63) is 35.9 Å². The number of ether oxygens (including phenoxy) is 1. The van der Waals surface area contributed by atoms with Crippen LogP contribution in [0.2, 0.25) is 0 Å². The third-order valence-corrected chi connectivity index (χ3v) is 5.53. The molecular formula is C19H26ClNO2. The molecule has 2 aliphatic heterocycles. The number of carbonyl (C=O) groups excluding carboxylic acids is 1. The number of hydrogen-bond donors (Lipinski definition) is 0. The molecule has 0 saturated carbocycles. The van der Waals surface area contributed by atoms with Crippen molar-refractivity contribution in [3.8, 4) is 0 Å². The van der Waals surface area contributed by atoms with Crippen molar-refractivity contribution in [1.29, 1.82) is 0 Å². The van der Waals surface area contributed by atoms with Crippen molar-refractivity contribution in [2.45, 2.75) is 63.8 Å². The minimum Gasteiger partial charge on any atom is -0.346 e. The van der Waals surface area contributed by atoms with Gasteiger partial charge in [0.05, 0.1) is 6.04 Å². The molecule has 126 valence electrons. The third kappa shape index (κ3) is 3.27. The fraction of sp³-hybridized carbons (Fsp3) is 0.632. The number of alkyl halides is 1. The highest BCUT2D eigenvalue weighted by molar-refractivity contribution is 6.17. The fourth-order valence-corrected chi connectivity index (χ4v) is 4.50. The Balaban J connectivity index is 1.76. The average molecular weight is 336 g/mol. The Morgan fingerprint density at radius 1 is 1.30 bits per heavy atom. The Morgan fingerprint density at radius 3 is 2.74 bits per heavy atom. The molecule has 2 saturated heterocycles. The number of piperidine rings is 1. The van der Waals surface area contributed by atoms with Gasteiger partial charge in [0.25, 0.3) is 0 Å². The van der Waals surface area contributed by atoms with Crippen LogP contribution in [-0.2, 0) is 9.53 Å². The van der Waals surface area contributed by atoms with E-state index in [-0.39, 0.29) is 18.1 Å². The number of unbranched alkanes of at least 4 members (excludes halogenated alkanes) is 1. The Bertz CT molecular complexity index is 550. The summed E-state index contributed by atoms with van der Waals surface area (Å²) in [5.74, 6) is 1.35. The first-order chi connectivity index (χ1) is 11.0. The molecule has 2 aliphatic rings. The van der Waals surface area contributed by atoms with Gasteiger partial charge in [-0.2, -0.15) is 0 Å². The number of carbonyl (C=O) groups is 1. The molecule has 0 bridgehead atoms. The monoisotopic (exact) mass is 335 g/mol. The second-order valence-electron chi connectivity index (χ2n) is 7.09. The first-order valence-electron chi connectivity index (χ1n) is 8.66. The number of nitrogens with zero attached hydrogens (tertiary/aromatic N) is 1. The zero-order valence-electron chi connectivity index (χ0n) is 14.0. The number of amides is 1. The van der Waals surface area contributed by atoms with Gasteiger partial charge in [0.15, 0.2) is 0 Å². The molecule has 23 heavy (non-hydrogen) atoms. The van der Waals surface area contributed by atoms with E-state index in [0.717, 1.165) is 31.2 Å². The first-order valence-corrected chi connectivity index (χ1v) is 9.19. The van der Waals surface area contributed by atoms with Gasteiger partial charge in [0.1, 0.15) is 11.8 Å². The lowest BCUT2D eigenvalue weighted by molar-refractivity contribution is -0.165. The predicted molar refractivity (Wildman–Crippen MR) is 92.3 cm³/mol. The van der Waals surface area contributed by atoms with Gasteiger partial charge in [0, 0.05) is 12.3 Å². The minimum atomic E-state index is -0.471. The highest BCUT2D eigenvalue weighted by Gasteiger charge is 2.54. The smallest absolute Gasteiger partial charge is 0.225 e. The molecule has 2 fully saturated rings. The lowest BCUT2D eigenvalue weighted by Gasteiger charge is -2.42. The molecule has 0 spiro atoms. The van der Waals surface area contributed by atoms with Crippen LogP contribution in [0.1, 0.15) is 57.6 Å². The van der Waals surface area contributed by atoms with E-state index >= 15 is 0 Å². The summed E-state index contributed by atoms with van der Waals surface area (Å²) in [5, 5.41) is 0. The molecule has 3 rings (SSSR count). The number of halogens is 1. The quantitative estimate of drug-likeness (QED) is 0.585. The van der Waals surface area contributed by atoms with E-state index < -0.39 is 5.72 Å². The van der Waals surface area contributed by atoms with Gasteiger partial charge < -0.3 is 9.64 Å². The summed E-state index contributed by atoms with van der Waals surface area (Å²) >= 11 is 5.77. The predicted octanol–water partition coefficient (Wildman–Crippen LogP) is 4.51. The summed E-state index contributed by atoms with van der Waals surface area (Å²) in [6.07, 6.45) is 4.72. The molecule has 0 unspecified atom stereocenters. The molecule has 1 aromatic rings. The summed E-state index contributed by atoms with van der Waals surface area (Å²) in [6, 6.07) is 10.3. The summed E-state index contributed by atoms with van der Waals surface area (Å²) in [7, 11) is 0. The van der Waals surface area contributed by atoms with Crippen LogP contribution in [0, 0.1) is 5.92 Å². The first kappa shape index (κ1) is 16.8. The van der Waals surface area contributed by atoms with E-state index in [1.165, 1.54) is 0 Å². The van der Waals surface area contributed by atoms with Gasteiger partial charge in [-0.3, -0.25) is 4.79 Å². The molecule has 0 radical (unpaired) electrons. The number of hydrogen-bond acceptors (Lipinski definition) is 2. The highest BCUT2D eigenvalue weighted by Crippen LogP contribution is 2.48. The Morgan fingerprint density at radius 2 is 2.04 bits per heavy atom. The molecule has 4 atom stereocenters. The molecule has 0 N–H and O–H groups in total. The van der Waals surface area contributed by atoms with Gasteiger partial charge in [-0.25, -0.2) is 0 Å². The molecule has 1 aromatic carbocycles. The molecular weight excluding hydrogens is 310 g/mol. The number of fused-ring (bicyclic) bond motifs is 1. The van der Waals surface area contributed by atoms with Crippen LogP contribution in [-0.4, -0.2) is 28.5 Å². The van der Waals surface area contributed by atoms with E-state index in [2.05, 4.69) is 26.0 Å². The number of rotatable bonds is 5. The number of benzene rings is 1. The molecule has 3 nitrogen and oxygen atoms in total. The normalized spacial score (nSPS) is 33.8. The molecule has 0 aromatic heterocycles. The van der Waals surface area contributed by atoms with Gasteiger partial charge in [-0.15, -0.1) is 11.6 Å². The largest absolute Gasteiger partial charge is 0.346 e. The van der Waals surface area contributed by atoms with E-state index in [1.807, 2.05) is 23.1 Å². The second kappa shape index (κ2) is 6.82. The van der Waals surface area contributed by atoms with Crippen molar-refractivity contribution in [3.63, 3.8) is 0 Å². The summed E-state index contributed by atoms with van der Waals surface area (Å²) in [6.45, 7) is 4.19. The SMILES string of the molecule is C[C@@H]1[C@H](c2ccccc2)O[C@@]2(C)C[C@@H](CCCCCl)CC(=O)N12. The lowest BCUT2D eigenvalue weighted by Crippen LogP contribution is -2.54. The van der Waals surface area contributed by atoms with Gasteiger partial charge in [0.2, 0.25) is 5.91 Å². The van der Waals surface area contributed by atoms with Crippen molar-refractivity contribution in [2.75, 3.05) is 5.88 Å². The van der Waals surface area contributed by atoms with E-state index in [0.29, 0.717) is 18.2 Å². The second-order valence-corrected chi connectivity index (χ2v) is 7.47. The summed E-state index contributed by atoms with van der Waals surface area (Å²) in [4.78, 5) is 14.7. The van der Waals surface area contributed by atoms with E-state index in [1.54, 1.807) is 0 Å². The van der Waals surface area contributed by atoms with E-state index in [4.69, 9.17) is 16.3 Å². The molecule has 2 heterocycles. The Kier molecular flexibility index (Phi) is 4.98. The van der Waals surface area contributed by atoms with Gasteiger partial charge in [-0.05, 0) is 44.6 Å². The molecule has 4 heteroatoms. The van der Waals surface area contributed by atoms with Crippen molar-refractivity contribution >= 4 is 17.5 Å². The van der Waals surface area contributed by atoms with Crippen LogP contribution >= 0.6 is 11.6 Å². The zero-order chi connectivity index (χ0) is 16.4. The maximum absolute atomic E-state index is 12.7. The van der Waals surface area contributed by atoms with Crippen molar-refractivity contribution in [2.24, 2.45) is 5.92 Å². The van der Waals surface area contributed by atoms with Gasteiger partial charge >= 0.3 is 0 Å². The van der Waals surface area contributed by atoms with Crippen molar-refractivity contribution in [1.82, 2.24) is 4.90 Å². The maximum atomic E-state index is 12.7. The van der Waals surface area contributed by atoms with E-state index in [9.17, 15) is 4.79 Å². The highest BCUT2D eigenvalue weighted by atomic mass is 35.5. The Hall–Kier alpha value is -1.06. The summed E-state index contributed by atoms with van der Waals surface area (Å²) in [5.41, 5.74) is 0.683. The Labute approximate surface area is 144 Å². The van der Waals surface area contributed by atoms with Crippen LogP contribution in [0.5, 0.6) is 0 Å². The van der Waals surface area contributed by atoms with Gasteiger partial charge in [-0.1, -0.05) is 36.8 Å². The standard InChI is InChI=1S/C19H26ClNO2/c1-14-18(16-9-4-3-5-10-16)23-19(2)13-15(8-6-7-11-20)12-17(22)21(14)19/h3-5,9-10,14-15,18H,6-8,11-13H2,1-2H3/t14-,15+,18-,19+/m1/s1. The van der Waals surface area contributed by atoms with Crippen molar-refractivity contribution < 1.29 is 9.53 Å². The average Bonchev–Trinajstić information content (AvgIpc) is 2.80. The van der Waals surface area contributed by atoms with Crippen LogP contribution < -0.4 is 0 Å². The summed E-state index contributed by atoms with van der Waals surface area (Å²) < 4.78 is 6.44. The minimum absolute atomic E-state index is 0.0354. The van der Waals surface area contributed by atoms with Crippen LogP contribution in [0.25, 0.3) is 0 Å². The topological polar surface area (TPSA) is 29.5 Å². The molecule has 0 aliphatic carbocycles. The van der Waals surface area contributed by atoms with Crippen LogP contribution in [0.15, 0.2) is 30.3 Å². The lowest BCUT2D eigenvalue weighted by atomic mass is 9.85. The molecule has 1 amide bonds. The zero-order valence-corrected chi connectivity index (χ0v) is 14.8.